The molecule has 1 fully saturated rings. The van der Waals surface area contributed by atoms with Gasteiger partial charge in [0, 0.05) is 32.0 Å². The van der Waals surface area contributed by atoms with E-state index in [4.69, 9.17) is 11.6 Å². The summed E-state index contributed by atoms with van der Waals surface area (Å²) in [5, 5.41) is 2.88. The van der Waals surface area contributed by atoms with Crippen molar-refractivity contribution in [2.75, 3.05) is 19.6 Å². The number of thiophene rings is 1. The zero-order chi connectivity index (χ0) is 16.8. The van der Waals surface area contributed by atoms with Crippen molar-refractivity contribution >= 4 is 34.6 Å². The van der Waals surface area contributed by atoms with Gasteiger partial charge in [0.05, 0.1) is 15.8 Å². The van der Waals surface area contributed by atoms with Crippen LogP contribution in [0.3, 0.4) is 0 Å². The van der Waals surface area contributed by atoms with Crippen LogP contribution >= 0.6 is 22.9 Å². The van der Waals surface area contributed by atoms with E-state index >= 15 is 0 Å². The summed E-state index contributed by atoms with van der Waals surface area (Å²) in [6.07, 6.45) is -0.726. The smallest absolute Gasteiger partial charge is 0.251 e. The Bertz CT molecular complexity index is 545. The second-order valence-corrected chi connectivity index (χ2v) is 7.28. The minimum absolute atomic E-state index is 0.00251. The van der Waals surface area contributed by atoms with Crippen molar-refractivity contribution in [3.8, 4) is 0 Å². The third-order valence-corrected chi connectivity index (χ3v) is 5.05. The summed E-state index contributed by atoms with van der Waals surface area (Å²) in [6.45, 7) is 0.905. The van der Waals surface area contributed by atoms with Crippen LogP contribution in [0.4, 0.5) is 8.78 Å². The van der Waals surface area contributed by atoms with Crippen LogP contribution in [0.15, 0.2) is 12.1 Å². The topological polar surface area (TPSA) is 49.4 Å². The van der Waals surface area contributed by atoms with E-state index in [0.29, 0.717) is 35.1 Å². The van der Waals surface area contributed by atoms with Gasteiger partial charge in [-0.2, -0.15) is 0 Å². The number of alkyl halides is 2. The molecule has 0 spiro atoms. The van der Waals surface area contributed by atoms with Gasteiger partial charge in [0.25, 0.3) is 6.43 Å². The van der Waals surface area contributed by atoms with Gasteiger partial charge < -0.3 is 5.32 Å². The number of nitrogens with one attached hydrogen (secondary N) is 1. The molecule has 0 aliphatic carbocycles. The van der Waals surface area contributed by atoms with Gasteiger partial charge in [-0.15, -0.1) is 11.3 Å². The molecular formula is C15H19ClF2N2O2S. The Morgan fingerprint density at radius 3 is 2.57 bits per heavy atom. The molecule has 0 atom stereocenters. The van der Waals surface area contributed by atoms with Crippen LogP contribution in [0.2, 0.25) is 4.34 Å². The average Bonchev–Trinajstić information content (AvgIpc) is 2.93. The SMILES string of the molecule is O=C(CCC(=O)c1ccc(Cl)s1)NC1CCN(CC(F)F)CC1. The summed E-state index contributed by atoms with van der Waals surface area (Å²) in [6, 6.07) is 3.32. The molecule has 1 aromatic rings. The number of amides is 1. The maximum Gasteiger partial charge on any atom is 0.251 e. The van der Waals surface area contributed by atoms with Gasteiger partial charge in [-0.25, -0.2) is 8.78 Å². The second kappa shape index (κ2) is 8.70. The first-order valence-electron chi connectivity index (χ1n) is 7.52. The molecule has 4 nitrogen and oxygen atoms in total. The molecule has 0 unspecified atom stereocenters. The summed E-state index contributed by atoms with van der Waals surface area (Å²) in [5.74, 6) is -0.267. The standard InChI is InChI=1S/C15H19ClF2N2O2S/c16-13-3-2-12(23-13)11(21)1-4-15(22)19-10-5-7-20(8-6-10)9-14(17)18/h2-3,10,14H,1,4-9H2,(H,19,22). The predicted molar refractivity (Wildman–Crippen MR) is 86.5 cm³/mol. The molecule has 1 aliphatic rings. The Balaban J connectivity index is 1.66. The lowest BCUT2D eigenvalue weighted by molar-refractivity contribution is -0.122. The Labute approximate surface area is 142 Å². The first-order chi connectivity index (χ1) is 10.9. The van der Waals surface area contributed by atoms with Gasteiger partial charge in [-0.3, -0.25) is 14.5 Å². The van der Waals surface area contributed by atoms with Crippen LogP contribution in [0.5, 0.6) is 0 Å². The zero-order valence-electron chi connectivity index (χ0n) is 12.6. The first kappa shape index (κ1) is 18.3. The molecule has 0 radical (unpaired) electrons. The lowest BCUT2D eigenvalue weighted by atomic mass is 10.0. The van der Waals surface area contributed by atoms with Crippen molar-refractivity contribution < 1.29 is 18.4 Å². The normalized spacial score (nSPS) is 16.7. The molecule has 1 saturated heterocycles. The van der Waals surface area contributed by atoms with E-state index in [1.165, 1.54) is 11.3 Å². The number of carbonyl (C=O) groups is 2. The number of hydrogen-bond acceptors (Lipinski definition) is 4. The van der Waals surface area contributed by atoms with Gasteiger partial charge in [0.1, 0.15) is 0 Å². The molecule has 1 aliphatic heterocycles. The molecule has 2 heterocycles. The third kappa shape index (κ3) is 6.16. The number of nitrogens with zero attached hydrogens (tertiary/aromatic N) is 1. The largest absolute Gasteiger partial charge is 0.353 e. The Hall–Kier alpha value is -1.05. The average molecular weight is 365 g/mol. The fourth-order valence-corrected chi connectivity index (χ4v) is 3.58. The van der Waals surface area contributed by atoms with Gasteiger partial charge in [0.2, 0.25) is 5.91 Å². The Kier molecular flexibility index (Phi) is 6.92. The van der Waals surface area contributed by atoms with Crippen molar-refractivity contribution in [2.45, 2.75) is 38.2 Å². The highest BCUT2D eigenvalue weighted by Gasteiger charge is 2.22. The summed E-state index contributed by atoms with van der Waals surface area (Å²) >= 11 is 6.98. The van der Waals surface area contributed by atoms with E-state index in [1.807, 2.05) is 0 Å². The number of rotatable bonds is 7. The summed E-state index contributed by atoms with van der Waals surface area (Å²) < 4.78 is 25.1. The summed E-state index contributed by atoms with van der Waals surface area (Å²) in [4.78, 5) is 26.1. The summed E-state index contributed by atoms with van der Waals surface area (Å²) in [7, 11) is 0. The molecular weight excluding hydrogens is 346 g/mol. The third-order valence-electron chi connectivity index (χ3n) is 3.78. The molecule has 1 aromatic heterocycles. The quantitative estimate of drug-likeness (QED) is 0.756. The van der Waals surface area contributed by atoms with Crippen LogP contribution in [-0.4, -0.2) is 48.7 Å². The monoisotopic (exact) mass is 364 g/mol. The molecule has 1 amide bonds. The zero-order valence-corrected chi connectivity index (χ0v) is 14.1. The van der Waals surface area contributed by atoms with E-state index in [0.717, 1.165) is 0 Å². The fraction of sp³-hybridized carbons (Fsp3) is 0.600. The second-order valence-electron chi connectivity index (χ2n) is 5.56. The number of piperidine rings is 1. The number of Topliss-reactive ketones (excluding diaryl/α,β-unsaturated/α-hetero) is 1. The van der Waals surface area contributed by atoms with Crippen LogP contribution < -0.4 is 5.32 Å². The minimum atomic E-state index is -2.32. The van der Waals surface area contributed by atoms with Crippen molar-refractivity contribution in [3.05, 3.63) is 21.3 Å². The van der Waals surface area contributed by atoms with Crippen LogP contribution in [0.25, 0.3) is 0 Å². The van der Waals surface area contributed by atoms with Crippen molar-refractivity contribution in [3.63, 3.8) is 0 Å². The lowest BCUT2D eigenvalue weighted by Crippen LogP contribution is -2.45. The van der Waals surface area contributed by atoms with E-state index < -0.39 is 6.43 Å². The fourth-order valence-electron chi connectivity index (χ4n) is 2.57. The number of carbonyl (C=O) groups excluding carboxylic acids is 2. The summed E-state index contributed by atoms with van der Waals surface area (Å²) in [5.41, 5.74) is 0. The van der Waals surface area contributed by atoms with Crippen molar-refractivity contribution in [2.24, 2.45) is 0 Å². The van der Waals surface area contributed by atoms with Crippen LogP contribution in [-0.2, 0) is 4.79 Å². The molecule has 1 N–H and O–H groups in total. The van der Waals surface area contributed by atoms with Gasteiger partial charge in [0.15, 0.2) is 5.78 Å². The number of likely N-dealkylation sites (tertiary alicyclic amines) is 1. The highest BCUT2D eigenvalue weighted by Crippen LogP contribution is 2.23. The lowest BCUT2D eigenvalue weighted by Gasteiger charge is -2.32. The van der Waals surface area contributed by atoms with Crippen molar-refractivity contribution in [1.82, 2.24) is 10.2 Å². The molecule has 128 valence electrons. The number of halogens is 3. The van der Waals surface area contributed by atoms with E-state index in [9.17, 15) is 18.4 Å². The molecule has 8 heteroatoms. The highest BCUT2D eigenvalue weighted by atomic mass is 35.5. The molecule has 23 heavy (non-hydrogen) atoms. The Morgan fingerprint density at radius 1 is 1.30 bits per heavy atom. The van der Waals surface area contributed by atoms with Gasteiger partial charge in [-0.05, 0) is 25.0 Å². The highest BCUT2D eigenvalue weighted by molar-refractivity contribution is 7.18. The van der Waals surface area contributed by atoms with E-state index in [1.54, 1.807) is 17.0 Å². The maximum absolute atomic E-state index is 12.3. The van der Waals surface area contributed by atoms with Crippen molar-refractivity contribution in [1.29, 1.82) is 0 Å². The van der Waals surface area contributed by atoms with Gasteiger partial charge >= 0.3 is 0 Å². The molecule has 0 saturated carbocycles. The maximum atomic E-state index is 12.3. The minimum Gasteiger partial charge on any atom is -0.353 e. The Morgan fingerprint density at radius 2 is 2.00 bits per heavy atom. The van der Waals surface area contributed by atoms with E-state index in [2.05, 4.69) is 5.32 Å². The van der Waals surface area contributed by atoms with Gasteiger partial charge in [-0.1, -0.05) is 11.6 Å². The molecule has 0 bridgehead atoms. The van der Waals surface area contributed by atoms with E-state index in [-0.39, 0.29) is 37.1 Å². The predicted octanol–water partition coefficient (Wildman–Crippen LogP) is 3.21. The number of hydrogen-bond donors (Lipinski definition) is 1. The van der Waals surface area contributed by atoms with Crippen LogP contribution in [0.1, 0.15) is 35.4 Å². The van der Waals surface area contributed by atoms with Crippen LogP contribution in [0, 0.1) is 0 Å². The number of ketones is 1. The molecule has 2 rings (SSSR count). The molecule has 0 aromatic carbocycles. The first-order valence-corrected chi connectivity index (χ1v) is 8.72.